The smallest absolute Gasteiger partial charge is 0.280 e. The second-order valence-corrected chi connectivity index (χ2v) is 6.33. The van der Waals surface area contributed by atoms with E-state index in [1.165, 1.54) is 0 Å². The van der Waals surface area contributed by atoms with Crippen LogP contribution < -0.4 is 10.2 Å². The van der Waals surface area contributed by atoms with Crippen molar-refractivity contribution in [1.82, 2.24) is 10.4 Å². The molecular weight excluding hydrogens is 326 g/mol. The highest BCUT2D eigenvalue weighted by molar-refractivity contribution is 6.30. The third-order valence-corrected chi connectivity index (χ3v) is 3.88. The van der Waals surface area contributed by atoms with Crippen molar-refractivity contribution in [3.63, 3.8) is 0 Å². The molecule has 0 radical (unpaired) electrons. The minimum absolute atomic E-state index is 0.315. The predicted molar refractivity (Wildman–Crippen MR) is 97.0 cm³/mol. The van der Waals surface area contributed by atoms with Crippen molar-refractivity contribution in [3.05, 3.63) is 51.3 Å². The van der Waals surface area contributed by atoms with Gasteiger partial charge in [0, 0.05) is 22.0 Å². The molecule has 1 atom stereocenters. The Balaban J connectivity index is 1.99. The number of rotatable bonds is 5. The summed E-state index contributed by atoms with van der Waals surface area (Å²) < 4.78 is 5.77. The fraction of sp³-hybridized carbons (Fsp3) is 0.333. The molecule has 5 nitrogen and oxygen atoms in total. The number of hydrazone groups is 1. The van der Waals surface area contributed by atoms with Crippen LogP contribution in [-0.4, -0.2) is 23.2 Å². The summed E-state index contributed by atoms with van der Waals surface area (Å²) in [6.07, 6.45) is 0.942. The van der Waals surface area contributed by atoms with Crippen molar-refractivity contribution in [2.75, 3.05) is 0 Å². The van der Waals surface area contributed by atoms with Crippen molar-refractivity contribution >= 4 is 23.7 Å². The summed E-state index contributed by atoms with van der Waals surface area (Å²) in [5, 5.41) is 4.64. The Kier molecular flexibility index (Phi) is 5.67. The lowest BCUT2D eigenvalue weighted by Gasteiger charge is -2.17. The average molecular weight is 348 g/mol. The Labute approximate surface area is 147 Å². The number of amides is 1. The third-order valence-electron chi connectivity index (χ3n) is 3.66. The number of hydrogen-bond acceptors (Lipinski definition) is 3. The summed E-state index contributed by atoms with van der Waals surface area (Å²) in [6, 6.07) is 5.58. The lowest BCUT2D eigenvalue weighted by molar-refractivity contribution is -0.127. The highest BCUT2D eigenvalue weighted by Crippen LogP contribution is 2.27. The van der Waals surface area contributed by atoms with E-state index in [2.05, 4.69) is 15.5 Å². The Hall–Kier alpha value is -2.27. The molecule has 0 aliphatic carbocycles. The highest BCUT2D eigenvalue weighted by atomic mass is 35.5. The van der Waals surface area contributed by atoms with Crippen LogP contribution in [0.25, 0.3) is 0 Å². The maximum Gasteiger partial charge on any atom is 0.280 e. The Morgan fingerprint density at radius 2 is 1.88 bits per heavy atom. The minimum atomic E-state index is -0.671. The summed E-state index contributed by atoms with van der Waals surface area (Å²) >= 11 is 6.01. The van der Waals surface area contributed by atoms with Crippen LogP contribution in [0.2, 0.25) is 5.02 Å². The fourth-order valence-corrected chi connectivity index (χ4v) is 2.78. The molecule has 0 aliphatic rings. The monoisotopic (exact) mass is 347 g/mol. The number of benzene rings is 1. The van der Waals surface area contributed by atoms with E-state index in [-0.39, 0.29) is 5.91 Å². The zero-order valence-electron chi connectivity index (χ0n) is 14.5. The van der Waals surface area contributed by atoms with Gasteiger partial charge in [0.1, 0.15) is 5.75 Å². The van der Waals surface area contributed by atoms with E-state index in [4.69, 9.17) is 16.3 Å². The van der Waals surface area contributed by atoms with Gasteiger partial charge in [-0.3, -0.25) is 4.79 Å². The van der Waals surface area contributed by atoms with Gasteiger partial charge in [0.05, 0.1) is 6.21 Å². The Morgan fingerprint density at radius 3 is 2.42 bits per heavy atom. The van der Waals surface area contributed by atoms with E-state index in [1.807, 2.05) is 45.9 Å². The Morgan fingerprint density at radius 1 is 1.25 bits per heavy atom. The van der Waals surface area contributed by atoms with Crippen LogP contribution in [0.4, 0.5) is 0 Å². The molecule has 1 aromatic carbocycles. The second-order valence-electron chi connectivity index (χ2n) is 5.90. The molecule has 1 heterocycles. The number of aromatic amines is 1. The molecule has 2 rings (SSSR count). The normalized spacial score (nSPS) is 12.4. The van der Waals surface area contributed by atoms with E-state index >= 15 is 0 Å². The molecule has 6 heteroatoms. The molecule has 0 spiro atoms. The van der Waals surface area contributed by atoms with E-state index < -0.39 is 6.10 Å². The topological polar surface area (TPSA) is 66.5 Å². The quantitative estimate of drug-likeness (QED) is 0.637. The molecule has 0 aliphatic heterocycles. The van der Waals surface area contributed by atoms with E-state index in [0.717, 1.165) is 28.1 Å². The van der Waals surface area contributed by atoms with Gasteiger partial charge in [0.15, 0.2) is 6.10 Å². The second kappa shape index (κ2) is 7.53. The molecule has 128 valence electrons. The van der Waals surface area contributed by atoms with Gasteiger partial charge in [0.2, 0.25) is 0 Å². The summed E-state index contributed by atoms with van der Waals surface area (Å²) in [5.41, 5.74) is 7.27. The van der Waals surface area contributed by atoms with Crippen molar-refractivity contribution in [3.8, 4) is 5.75 Å². The van der Waals surface area contributed by atoms with Gasteiger partial charge in [0.25, 0.3) is 5.91 Å². The number of halogens is 1. The van der Waals surface area contributed by atoms with Crippen molar-refractivity contribution in [2.45, 2.75) is 40.7 Å². The van der Waals surface area contributed by atoms with Gasteiger partial charge in [-0.25, -0.2) is 5.43 Å². The van der Waals surface area contributed by atoms with Crippen molar-refractivity contribution in [2.24, 2.45) is 5.10 Å². The maximum atomic E-state index is 12.1. The van der Waals surface area contributed by atoms with Crippen LogP contribution in [0.5, 0.6) is 5.75 Å². The first-order chi connectivity index (χ1) is 11.3. The lowest BCUT2D eigenvalue weighted by atomic mass is 10.1. The molecule has 24 heavy (non-hydrogen) atoms. The zero-order valence-corrected chi connectivity index (χ0v) is 15.3. The number of nitrogens with zero attached hydrogens (tertiary/aromatic N) is 1. The summed E-state index contributed by atoms with van der Waals surface area (Å²) in [5.74, 6) is 0.355. The zero-order chi connectivity index (χ0) is 17.9. The van der Waals surface area contributed by atoms with Crippen LogP contribution in [0, 0.1) is 27.7 Å². The fourth-order valence-electron chi connectivity index (χ4n) is 2.45. The number of aryl methyl sites for hydroxylation is 4. The molecule has 0 fully saturated rings. The number of carbonyl (C=O) groups excluding carboxylic acids is 1. The number of H-pyrrole nitrogens is 1. The van der Waals surface area contributed by atoms with Crippen LogP contribution >= 0.6 is 11.6 Å². The van der Waals surface area contributed by atoms with E-state index in [1.54, 1.807) is 13.1 Å². The Bertz CT molecular complexity index is 758. The molecule has 1 aromatic heterocycles. The molecule has 2 N–H and O–H groups in total. The summed E-state index contributed by atoms with van der Waals surface area (Å²) in [4.78, 5) is 15.3. The highest BCUT2D eigenvalue weighted by Gasteiger charge is 2.16. The van der Waals surface area contributed by atoms with E-state index in [0.29, 0.717) is 10.8 Å². The van der Waals surface area contributed by atoms with Crippen LogP contribution in [0.3, 0.4) is 0 Å². The maximum absolute atomic E-state index is 12.1. The molecule has 0 saturated heterocycles. The van der Waals surface area contributed by atoms with Gasteiger partial charge in [-0.05, 0) is 63.9 Å². The van der Waals surface area contributed by atoms with Gasteiger partial charge >= 0.3 is 0 Å². The van der Waals surface area contributed by atoms with Crippen molar-refractivity contribution in [1.29, 1.82) is 0 Å². The van der Waals surface area contributed by atoms with Crippen molar-refractivity contribution < 1.29 is 9.53 Å². The summed E-state index contributed by atoms with van der Waals surface area (Å²) in [7, 11) is 0. The molecule has 0 unspecified atom stereocenters. The molecule has 2 aromatic rings. The standard InChI is InChI=1S/C18H22ClN3O2/c1-10-6-16(19)7-11(2)17(10)24-14(5)18(23)22-20-9-15-8-12(3)21-13(15)4/h6-9,14,21H,1-5H3,(H,22,23)/b20-9+/t14-/m0/s1. The molecular formula is C18H22ClN3O2. The van der Waals surface area contributed by atoms with Gasteiger partial charge in [-0.2, -0.15) is 5.10 Å². The third kappa shape index (κ3) is 4.38. The van der Waals surface area contributed by atoms with Crippen LogP contribution in [-0.2, 0) is 4.79 Å². The number of ether oxygens (including phenoxy) is 1. The first kappa shape index (κ1) is 18.1. The van der Waals surface area contributed by atoms with E-state index in [9.17, 15) is 4.79 Å². The minimum Gasteiger partial charge on any atom is -0.480 e. The van der Waals surface area contributed by atoms with Gasteiger partial charge in [-0.1, -0.05) is 11.6 Å². The molecule has 0 saturated carbocycles. The predicted octanol–water partition coefficient (Wildman–Crippen LogP) is 3.82. The number of hydrogen-bond donors (Lipinski definition) is 2. The SMILES string of the molecule is Cc1cc(/C=N/NC(=O)[C@H](C)Oc2c(C)cc(Cl)cc2C)c(C)[nH]1. The molecule has 0 bridgehead atoms. The van der Waals surface area contributed by atoms with Gasteiger partial charge in [-0.15, -0.1) is 0 Å². The number of nitrogens with one attached hydrogen (secondary N) is 2. The number of aromatic nitrogens is 1. The first-order valence-corrected chi connectivity index (χ1v) is 8.08. The summed E-state index contributed by atoms with van der Waals surface area (Å²) in [6.45, 7) is 9.40. The van der Waals surface area contributed by atoms with Gasteiger partial charge < -0.3 is 9.72 Å². The largest absolute Gasteiger partial charge is 0.480 e. The average Bonchev–Trinajstić information content (AvgIpc) is 2.80. The van der Waals surface area contributed by atoms with Crippen LogP contribution in [0.15, 0.2) is 23.3 Å². The first-order valence-electron chi connectivity index (χ1n) is 7.70. The molecule has 1 amide bonds. The lowest BCUT2D eigenvalue weighted by Crippen LogP contribution is -2.33. The van der Waals surface area contributed by atoms with Crippen LogP contribution in [0.1, 0.15) is 35.0 Å². The number of carbonyl (C=O) groups is 1.